The molecule has 0 atom stereocenters. The van der Waals surface area contributed by atoms with Crippen LogP contribution in [-0.4, -0.2) is 19.2 Å². The van der Waals surface area contributed by atoms with Gasteiger partial charge in [0.15, 0.2) is 0 Å². The van der Waals surface area contributed by atoms with Crippen molar-refractivity contribution in [3.8, 4) is 0 Å². The molecule has 1 radical (unpaired) electrons. The van der Waals surface area contributed by atoms with Gasteiger partial charge in [-0.3, -0.25) is 0 Å². The fraction of sp³-hybridized carbons (Fsp3) is 0.800. The maximum absolute atomic E-state index is 10.8. The van der Waals surface area contributed by atoms with Crippen molar-refractivity contribution >= 4 is 6.09 Å². The average Bonchev–Trinajstić information content (AvgIpc) is 2.11. The van der Waals surface area contributed by atoms with E-state index in [2.05, 4.69) is 12.2 Å². The number of hydrogen-bond donors (Lipinski definition) is 1. The van der Waals surface area contributed by atoms with Crippen molar-refractivity contribution in [1.82, 2.24) is 5.32 Å². The van der Waals surface area contributed by atoms with Crippen LogP contribution in [0.1, 0.15) is 39.0 Å². The molecule has 0 aromatic carbocycles. The van der Waals surface area contributed by atoms with Crippen molar-refractivity contribution in [2.75, 3.05) is 13.2 Å². The predicted molar refractivity (Wildman–Crippen MR) is 53.5 cm³/mol. The van der Waals surface area contributed by atoms with Crippen LogP contribution in [0.3, 0.4) is 0 Å². The minimum absolute atomic E-state index is 0.306. The van der Waals surface area contributed by atoms with Gasteiger partial charge in [-0.1, -0.05) is 32.6 Å². The van der Waals surface area contributed by atoms with Crippen LogP contribution < -0.4 is 5.32 Å². The summed E-state index contributed by atoms with van der Waals surface area (Å²) < 4.78 is 4.90. The molecule has 0 unspecified atom stereocenters. The van der Waals surface area contributed by atoms with Crippen LogP contribution in [0.4, 0.5) is 4.79 Å². The number of unbranched alkanes of at least 4 members (excludes halogenated alkanes) is 4. The van der Waals surface area contributed by atoms with E-state index in [1.165, 1.54) is 12.8 Å². The molecule has 0 aliphatic carbocycles. The molecule has 0 fully saturated rings. The molecule has 1 amide bonds. The van der Waals surface area contributed by atoms with Gasteiger partial charge in [0.2, 0.25) is 0 Å². The highest BCUT2D eigenvalue weighted by atomic mass is 16.5. The molecule has 0 aromatic rings. The zero-order valence-corrected chi connectivity index (χ0v) is 8.47. The largest absolute Gasteiger partial charge is 0.450 e. The quantitative estimate of drug-likeness (QED) is 0.620. The fourth-order valence-corrected chi connectivity index (χ4v) is 0.993. The molecular formula is C10H20NO2. The molecular weight excluding hydrogens is 166 g/mol. The number of ether oxygens (including phenoxy) is 1. The third-order valence-corrected chi connectivity index (χ3v) is 1.70. The first-order chi connectivity index (χ1) is 6.31. The summed E-state index contributed by atoms with van der Waals surface area (Å²) in [4.78, 5) is 10.8. The topological polar surface area (TPSA) is 38.3 Å². The monoisotopic (exact) mass is 186 g/mol. The number of hydrogen-bond acceptors (Lipinski definition) is 2. The molecule has 0 heterocycles. The Kier molecular flexibility index (Phi) is 8.83. The first kappa shape index (κ1) is 12.3. The van der Waals surface area contributed by atoms with Gasteiger partial charge in [-0.2, -0.15) is 0 Å². The molecule has 0 spiro atoms. The second-order valence-corrected chi connectivity index (χ2v) is 2.93. The minimum Gasteiger partial charge on any atom is -0.450 e. The molecule has 3 nitrogen and oxygen atoms in total. The maximum Gasteiger partial charge on any atom is 0.407 e. The summed E-state index contributed by atoms with van der Waals surface area (Å²) in [5, 5.41) is 2.58. The van der Waals surface area contributed by atoms with Gasteiger partial charge in [-0.15, -0.1) is 0 Å². The normalized spacial score (nSPS) is 9.69. The van der Waals surface area contributed by atoms with Crippen LogP contribution in [0.15, 0.2) is 0 Å². The maximum atomic E-state index is 10.8. The number of alkyl carbamates (subject to hydrolysis) is 1. The van der Waals surface area contributed by atoms with Gasteiger partial charge in [0.1, 0.15) is 0 Å². The summed E-state index contributed by atoms with van der Waals surface area (Å²) in [7, 11) is 0. The third-order valence-electron chi connectivity index (χ3n) is 1.70. The number of carbonyl (C=O) groups excluding carboxylic acids is 1. The molecule has 0 aliphatic rings. The highest BCUT2D eigenvalue weighted by Gasteiger charge is 1.97. The lowest BCUT2D eigenvalue weighted by Gasteiger charge is -2.04. The Labute approximate surface area is 80.8 Å². The van der Waals surface area contributed by atoms with Gasteiger partial charge in [-0.05, 0) is 13.3 Å². The highest BCUT2D eigenvalue weighted by molar-refractivity contribution is 5.66. The molecule has 0 aromatic heterocycles. The Bertz CT molecular complexity index is 126. The second kappa shape index (κ2) is 9.36. The van der Waals surface area contributed by atoms with Crippen molar-refractivity contribution in [3.63, 3.8) is 0 Å². The van der Waals surface area contributed by atoms with E-state index in [9.17, 15) is 4.79 Å². The van der Waals surface area contributed by atoms with E-state index < -0.39 is 0 Å². The summed E-state index contributed by atoms with van der Waals surface area (Å²) in [5.41, 5.74) is 0. The molecule has 1 N–H and O–H groups in total. The first-order valence-electron chi connectivity index (χ1n) is 5.01. The smallest absolute Gasteiger partial charge is 0.407 e. The van der Waals surface area contributed by atoms with E-state index in [-0.39, 0.29) is 6.09 Å². The molecule has 77 valence electrons. The van der Waals surface area contributed by atoms with Crippen molar-refractivity contribution in [1.29, 1.82) is 0 Å². The van der Waals surface area contributed by atoms with Crippen molar-refractivity contribution < 1.29 is 9.53 Å². The third kappa shape index (κ3) is 9.18. The van der Waals surface area contributed by atoms with Crippen molar-refractivity contribution in [3.05, 3.63) is 6.92 Å². The Morgan fingerprint density at radius 1 is 1.31 bits per heavy atom. The van der Waals surface area contributed by atoms with Gasteiger partial charge < -0.3 is 10.1 Å². The van der Waals surface area contributed by atoms with E-state index >= 15 is 0 Å². The lowest BCUT2D eigenvalue weighted by molar-refractivity contribution is 0.144. The van der Waals surface area contributed by atoms with E-state index in [1.54, 1.807) is 0 Å². The zero-order valence-electron chi connectivity index (χ0n) is 8.47. The summed E-state index contributed by atoms with van der Waals surface area (Å²) >= 11 is 0. The summed E-state index contributed by atoms with van der Waals surface area (Å²) in [6.07, 6.45) is 5.12. The van der Waals surface area contributed by atoms with Crippen LogP contribution in [0.2, 0.25) is 0 Å². The van der Waals surface area contributed by atoms with E-state index in [0.717, 1.165) is 19.3 Å². The van der Waals surface area contributed by atoms with E-state index in [0.29, 0.717) is 13.2 Å². The summed E-state index contributed by atoms with van der Waals surface area (Å²) in [6, 6.07) is 0. The van der Waals surface area contributed by atoms with Gasteiger partial charge in [-0.25, -0.2) is 4.79 Å². The number of nitrogens with one attached hydrogen (secondary N) is 1. The lowest BCUT2D eigenvalue weighted by atomic mass is 10.2. The molecule has 0 rings (SSSR count). The highest BCUT2D eigenvalue weighted by Crippen LogP contribution is 2.01. The predicted octanol–water partition coefficient (Wildman–Crippen LogP) is 2.52. The van der Waals surface area contributed by atoms with Gasteiger partial charge in [0.05, 0.1) is 6.61 Å². The molecule has 0 saturated heterocycles. The zero-order chi connectivity index (χ0) is 9.94. The second-order valence-electron chi connectivity index (χ2n) is 2.93. The number of amides is 1. The average molecular weight is 186 g/mol. The van der Waals surface area contributed by atoms with Gasteiger partial charge >= 0.3 is 6.09 Å². The van der Waals surface area contributed by atoms with Crippen LogP contribution in [-0.2, 0) is 4.74 Å². The van der Waals surface area contributed by atoms with Crippen LogP contribution in [0, 0.1) is 6.92 Å². The van der Waals surface area contributed by atoms with Crippen LogP contribution >= 0.6 is 0 Å². The Morgan fingerprint density at radius 3 is 2.62 bits per heavy atom. The molecule has 3 heteroatoms. The van der Waals surface area contributed by atoms with Crippen LogP contribution in [0.25, 0.3) is 0 Å². The molecule has 0 bridgehead atoms. The van der Waals surface area contributed by atoms with Gasteiger partial charge in [0.25, 0.3) is 0 Å². The fourth-order valence-electron chi connectivity index (χ4n) is 0.993. The minimum atomic E-state index is -0.306. The van der Waals surface area contributed by atoms with Gasteiger partial charge in [0, 0.05) is 6.54 Å². The van der Waals surface area contributed by atoms with Crippen LogP contribution in [0.5, 0.6) is 0 Å². The van der Waals surface area contributed by atoms with E-state index in [1.807, 2.05) is 6.92 Å². The molecule has 13 heavy (non-hydrogen) atoms. The summed E-state index contributed by atoms with van der Waals surface area (Å²) in [5.74, 6) is 0. The lowest BCUT2D eigenvalue weighted by Crippen LogP contribution is -2.23. The Morgan fingerprint density at radius 2 is 2.00 bits per heavy atom. The van der Waals surface area contributed by atoms with E-state index in [4.69, 9.17) is 4.74 Å². The molecule has 0 saturated carbocycles. The number of rotatable bonds is 7. The Hall–Kier alpha value is -0.730. The Balaban J connectivity index is 3.02. The number of carbonyl (C=O) groups is 1. The standard InChI is InChI=1S/C10H20NO2/c1-3-5-6-7-8-9-13-10(12)11-4-2/h1,3-9H2,2H3,(H,11,12). The van der Waals surface area contributed by atoms with Crippen molar-refractivity contribution in [2.45, 2.75) is 39.0 Å². The first-order valence-corrected chi connectivity index (χ1v) is 5.01. The molecule has 0 aliphatic heterocycles. The summed E-state index contributed by atoms with van der Waals surface area (Å²) in [6.45, 7) is 6.79. The van der Waals surface area contributed by atoms with Crippen molar-refractivity contribution in [2.24, 2.45) is 0 Å². The SMILES string of the molecule is [CH2]CCCCCCOC(=O)NCC.